The minimum Gasteiger partial charge on any atom is -0.444 e. The second kappa shape index (κ2) is 4.69. The van der Waals surface area contributed by atoms with E-state index in [1.807, 2.05) is 26.8 Å². The molecule has 1 fully saturated rings. The summed E-state index contributed by atoms with van der Waals surface area (Å²) in [7, 11) is 0. The van der Waals surface area contributed by atoms with Crippen LogP contribution in [0.3, 0.4) is 0 Å². The molecule has 15 heavy (non-hydrogen) atoms. The lowest BCUT2D eigenvalue weighted by molar-refractivity contribution is 0.0498. The van der Waals surface area contributed by atoms with Gasteiger partial charge in [-0.15, -0.1) is 6.58 Å². The first-order chi connectivity index (χ1) is 6.92. The molecule has 0 aromatic rings. The average molecular weight is 211 g/mol. The molecule has 0 aliphatic heterocycles. The molecule has 0 aromatic heterocycles. The van der Waals surface area contributed by atoms with Crippen molar-refractivity contribution in [1.29, 1.82) is 0 Å². The van der Waals surface area contributed by atoms with Crippen molar-refractivity contribution in [3.05, 3.63) is 12.7 Å². The van der Waals surface area contributed by atoms with Gasteiger partial charge in [-0.1, -0.05) is 12.5 Å². The maximum Gasteiger partial charge on any atom is 0.407 e. The van der Waals surface area contributed by atoms with Crippen molar-refractivity contribution >= 4 is 6.09 Å². The molecule has 3 nitrogen and oxygen atoms in total. The van der Waals surface area contributed by atoms with Crippen LogP contribution in [0.15, 0.2) is 12.7 Å². The molecule has 1 saturated carbocycles. The Kier molecular flexibility index (Phi) is 3.77. The summed E-state index contributed by atoms with van der Waals surface area (Å²) in [6.07, 6.45) is 4.90. The van der Waals surface area contributed by atoms with Crippen molar-refractivity contribution in [2.24, 2.45) is 5.92 Å². The van der Waals surface area contributed by atoms with Gasteiger partial charge in [0, 0.05) is 6.04 Å². The first-order valence-corrected chi connectivity index (χ1v) is 5.54. The SMILES string of the molecule is C=C[C@@H]1CCC[C@@H]1NC(=O)OC(C)(C)C. The molecule has 1 N–H and O–H groups in total. The fraction of sp³-hybridized carbons (Fsp3) is 0.750. The number of hydrogen-bond acceptors (Lipinski definition) is 2. The summed E-state index contributed by atoms with van der Waals surface area (Å²) < 4.78 is 5.21. The van der Waals surface area contributed by atoms with E-state index in [9.17, 15) is 4.79 Å². The molecule has 1 aliphatic carbocycles. The summed E-state index contributed by atoms with van der Waals surface area (Å²) in [6, 6.07) is 0.206. The van der Waals surface area contributed by atoms with Crippen LogP contribution in [0, 0.1) is 5.92 Å². The van der Waals surface area contributed by atoms with E-state index in [1.165, 1.54) is 0 Å². The van der Waals surface area contributed by atoms with Crippen molar-refractivity contribution in [1.82, 2.24) is 5.32 Å². The largest absolute Gasteiger partial charge is 0.444 e. The van der Waals surface area contributed by atoms with Gasteiger partial charge in [0.05, 0.1) is 0 Å². The fourth-order valence-electron chi connectivity index (χ4n) is 1.91. The maximum absolute atomic E-state index is 11.5. The van der Waals surface area contributed by atoms with Gasteiger partial charge in [-0.2, -0.15) is 0 Å². The van der Waals surface area contributed by atoms with E-state index < -0.39 is 5.60 Å². The molecule has 0 unspecified atom stereocenters. The Bertz CT molecular complexity index is 242. The minimum absolute atomic E-state index is 0.206. The van der Waals surface area contributed by atoms with E-state index in [4.69, 9.17) is 4.74 Å². The monoisotopic (exact) mass is 211 g/mol. The van der Waals surface area contributed by atoms with Crippen LogP contribution in [0.2, 0.25) is 0 Å². The topological polar surface area (TPSA) is 38.3 Å². The number of rotatable bonds is 2. The molecular formula is C12H21NO2. The Labute approximate surface area is 91.9 Å². The van der Waals surface area contributed by atoms with Crippen molar-refractivity contribution in [2.75, 3.05) is 0 Å². The number of alkyl carbamates (subject to hydrolysis) is 1. The standard InChI is InChI=1S/C12H21NO2/c1-5-9-7-6-8-10(9)13-11(14)15-12(2,3)4/h5,9-10H,1,6-8H2,2-4H3,(H,13,14)/t9-,10+/m1/s1. The number of hydrogen-bond donors (Lipinski definition) is 1. The zero-order valence-corrected chi connectivity index (χ0v) is 9.88. The van der Waals surface area contributed by atoms with Gasteiger partial charge in [-0.05, 0) is 39.5 Å². The average Bonchev–Trinajstić information content (AvgIpc) is 2.48. The molecule has 0 saturated heterocycles. The minimum atomic E-state index is -0.424. The smallest absolute Gasteiger partial charge is 0.407 e. The summed E-state index contributed by atoms with van der Waals surface area (Å²) in [5.41, 5.74) is -0.424. The molecule has 1 rings (SSSR count). The molecule has 0 heterocycles. The summed E-state index contributed by atoms with van der Waals surface area (Å²) >= 11 is 0. The van der Waals surface area contributed by atoms with Crippen LogP contribution >= 0.6 is 0 Å². The first-order valence-electron chi connectivity index (χ1n) is 5.54. The molecule has 3 heteroatoms. The van der Waals surface area contributed by atoms with E-state index in [2.05, 4.69) is 11.9 Å². The van der Waals surface area contributed by atoms with Gasteiger partial charge in [0.1, 0.15) is 5.60 Å². The number of ether oxygens (including phenoxy) is 1. The van der Waals surface area contributed by atoms with Crippen molar-refractivity contribution < 1.29 is 9.53 Å². The summed E-state index contributed by atoms with van der Waals surface area (Å²) in [6.45, 7) is 9.38. The molecule has 2 atom stereocenters. The first kappa shape index (κ1) is 12.1. The maximum atomic E-state index is 11.5. The van der Waals surface area contributed by atoms with Gasteiger partial charge in [0.25, 0.3) is 0 Å². The third kappa shape index (κ3) is 3.94. The lowest BCUT2D eigenvalue weighted by atomic mass is 10.0. The lowest BCUT2D eigenvalue weighted by Gasteiger charge is -2.23. The molecule has 0 aromatic carbocycles. The summed E-state index contributed by atoms with van der Waals surface area (Å²) in [5, 5.41) is 2.90. The molecule has 0 spiro atoms. The van der Waals surface area contributed by atoms with Gasteiger partial charge in [0.15, 0.2) is 0 Å². The zero-order chi connectivity index (χ0) is 11.5. The normalized spacial score (nSPS) is 26.1. The van der Waals surface area contributed by atoms with Gasteiger partial charge >= 0.3 is 6.09 Å². The number of carbonyl (C=O) groups is 1. The summed E-state index contributed by atoms with van der Waals surface area (Å²) in [5.74, 6) is 0.400. The highest BCUT2D eigenvalue weighted by Gasteiger charge is 2.27. The molecule has 1 aliphatic rings. The Morgan fingerprint density at radius 1 is 1.47 bits per heavy atom. The highest BCUT2D eigenvalue weighted by atomic mass is 16.6. The molecule has 0 bridgehead atoms. The highest BCUT2D eigenvalue weighted by molar-refractivity contribution is 5.68. The Morgan fingerprint density at radius 3 is 2.67 bits per heavy atom. The van der Waals surface area contributed by atoms with Crippen molar-refractivity contribution in [3.8, 4) is 0 Å². The van der Waals surface area contributed by atoms with E-state index in [0.717, 1.165) is 19.3 Å². The highest BCUT2D eigenvalue weighted by Crippen LogP contribution is 2.26. The van der Waals surface area contributed by atoms with E-state index in [-0.39, 0.29) is 12.1 Å². The second-order valence-electron chi connectivity index (χ2n) is 5.08. The molecule has 0 radical (unpaired) electrons. The van der Waals surface area contributed by atoms with Crippen LogP contribution in [-0.4, -0.2) is 17.7 Å². The predicted molar refractivity (Wildman–Crippen MR) is 60.7 cm³/mol. The number of nitrogens with one attached hydrogen (secondary N) is 1. The van der Waals surface area contributed by atoms with Gasteiger partial charge in [-0.3, -0.25) is 0 Å². The van der Waals surface area contributed by atoms with Crippen LogP contribution < -0.4 is 5.32 Å². The number of amides is 1. The van der Waals surface area contributed by atoms with Crippen LogP contribution in [0.25, 0.3) is 0 Å². The molecule has 1 amide bonds. The van der Waals surface area contributed by atoms with Crippen LogP contribution in [0.5, 0.6) is 0 Å². The van der Waals surface area contributed by atoms with Crippen LogP contribution in [0.4, 0.5) is 4.79 Å². The third-order valence-electron chi connectivity index (χ3n) is 2.57. The molecule has 86 valence electrons. The molecular weight excluding hydrogens is 190 g/mol. The quantitative estimate of drug-likeness (QED) is 0.713. The lowest BCUT2D eigenvalue weighted by Crippen LogP contribution is -2.40. The van der Waals surface area contributed by atoms with E-state index >= 15 is 0 Å². The summed E-state index contributed by atoms with van der Waals surface area (Å²) in [4.78, 5) is 11.5. The van der Waals surface area contributed by atoms with E-state index in [1.54, 1.807) is 0 Å². The predicted octanol–water partition coefficient (Wildman–Crippen LogP) is 2.87. The Hall–Kier alpha value is -0.990. The second-order valence-corrected chi connectivity index (χ2v) is 5.08. The number of carbonyl (C=O) groups excluding carboxylic acids is 1. The van der Waals surface area contributed by atoms with E-state index in [0.29, 0.717) is 5.92 Å². The third-order valence-corrected chi connectivity index (χ3v) is 2.57. The van der Waals surface area contributed by atoms with Crippen molar-refractivity contribution in [2.45, 2.75) is 51.7 Å². The fourth-order valence-corrected chi connectivity index (χ4v) is 1.91. The van der Waals surface area contributed by atoms with Gasteiger partial charge in [-0.25, -0.2) is 4.79 Å². The Morgan fingerprint density at radius 2 is 2.13 bits per heavy atom. The van der Waals surface area contributed by atoms with Crippen LogP contribution in [0.1, 0.15) is 40.0 Å². The van der Waals surface area contributed by atoms with Crippen LogP contribution in [-0.2, 0) is 4.74 Å². The van der Waals surface area contributed by atoms with Gasteiger partial charge < -0.3 is 10.1 Å². The van der Waals surface area contributed by atoms with Gasteiger partial charge in [0.2, 0.25) is 0 Å². The van der Waals surface area contributed by atoms with Crippen molar-refractivity contribution in [3.63, 3.8) is 0 Å². The Balaban J connectivity index is 2.41. The zero-order valence-electron chi connectivity index (χ0n) is 9.88.